The first-order valence-electron chi connectivity index (χ1n) is 5.52. The molecule has 0 aromatic carbocycles. The average molecular weight is 214 g/mol. The molecule has 2 atom stereocenters. The van der Waals surface area contributed by atoms with Crippen molar-refractivity contribution in [2.24, 2.45) is 11.7 Å². The number of ether oxygens (including phenoxy) is 1. The molecule has 1 fully saturated rings. The Kier molecular flexibility index (Phi) is 3.73. The largest absolute Gasteiger partial charge is 0.369 e. The van der Waals surface area contributed by atoms with E-state index in [2.05, 4.69) is 0 Å². The van der Waals surface area contributed by atoms with E-state index < -0.39 is 0 Å². The second-order valence-electron chi connectivity index (χ2n) is 5.04. The van der Waals surface area contributed by atoms with E-state index in [1.54, 1.807) is 0 Å². The van der Waals surface area contributed by atoms with Gasteiger partial charge in [-0.1, -0.05) is 6.92 Å². The van der Waals surface area contributed by atoms with Gasteiger partial charge < -0.3 is 15.4 Å². The van der Waals surface area contributed by atoms with Crippen LogP contribution in [0.4, 0.5) is 0 Å². The van der Waals surface area contributed by atoms with Crippen LogP contribution in [0, 0.1) is 5.92 Å². The van der Waals surface area contributed by atoms with Gasteiger partial charge in [-0.05, 0) is 20.8 Å². The summed E-state index contributed by atoms with van der Waals surface area (Å²) >= 11 is 0. The number of rotatable bonds is 2. The lowest BCUT2D eigenvalue weighted by molar-refractivity contribution is -0.160. The number of morpholine rings is 1. The number of nitrogens with two attached hydrogens (primary N) is 1. The molecule has 4 nitrogen and oxygen atoms in total. The zero-order chi connectivity index (χ0) is 11.6. The maximum atomic E-state index is 12.0. The van der Waals surface area contributed by atoms with Crippen LogP contribution in [0.3, 0.4) is 0 Å². The standard InChI is InChI=1S/C11H22N2O2/c1-8(5-12)10(14)13-6-9(2)15-11(3,4)7-13/h8-9H,5-7,12H2,1-4H3. The number of carbonyl (C=O) groups excluding carboxylic acids is 1. The molecule has 4 heteroatoms. The molecule has 0 spiro atoms. The predicted molar refractivity (Wildman–Crippen MR) is 59.4 cm³/mol. The van der Waals surface area contributed by atoms with Gasteiger partial charge in [-0.25, -0.2) is 0 Å². The molecule has 1 rings (SSSR count). The van der Waals surface area contributed by atoms with Crippen LogP contribution in [0.15, 0.2) is 0 Å². The van der Waals surface area contributed by atoms with Crippen molar-refractivity contribution in [3.05, 3.63) is 0 Å². The molecule has 0 aliphatic carbocycles. The molecule has 88 valence electrons. The highest BCUT2D eigenvalue weighted by atomic mass is 16.5. The van der Waals surface area contributed by atoms with E-state index in [9.17, 15) is 4.79 Å². The summed E-state index contributed by atoms with van der Waals surface area (Å²) in [6.07, 6.45) is 0.0997. The summed E-state index contributed by atoms with van der Waals surface area (Å²) < 4.78 is 5.74. The van der Waals surface area contributed by atoms with Crippen LogP contribution in [0.2, 0.25) is 0 Å². The van der Waals surface area contributed by atoms with Crippen molar-refractivity contribution in [3.63, 3.8) is 0 Å². The Morgan fingerprint density at radius 1 is 1.67 bits per heavy atom. The fraction of sp³-hybridized carbons (Fsp3) is 0.909. The van der Waals surface area contributed by atoms with Gasteiger partial charge in [-0.15, -0.1) is 0 Å². The topological polar surface area (TPSA) is 55.6 Å². The van der Waals surface area contributed by atoms with Crippen molar-refractivity contribution in [2.45, 2.75) is 39.4 Å². The van der Waals surface area contributed by atoms with Gasteiger partial charge in [0, 0.05) is 25.6 Å². The first-order chi connectivity index (χ1) is 6.85. The minimum absolute atomic E-state index is 0.0916. The first kappa shape index (κ1) is 12.5. The van der Waals surface area contributed by atoms with Crippen molar-refractivity contribution in [2.75, 3.05) is 19.6 Å². The molecular formula is C11H22N2O2. The average Bonchev–Trinajstić information content (AvgIpc) is 2.12. The Hall–Kier alpha value is -0.610. The van der Waals surface area contributed by atoms with Gasteiger partial charge in [0.1, 0.15) is 0 Å². The summed E-state index contributed by atoms with van der Waals surface area (Å²) in [5.41, 5.74) is 5.25. The summed E-state index contributed by atoms with van der Waals surface area (Å²) in [7, 11) is 0. The minimum Gasteiger partial charge on any atom is -0.369 e. The summed E-state index contributed by atoms with van der Waals surface area (Å²) in [4.78, 5) is 13.8. The molecular weight excluding hydrogens is 192 g/mol. The van der Waals surface area contributed by atoms with Crippen LogP contribution in [-0.4, -0.2) is 42.1 Å². The molecule has 1 amide bonds. The smallest absolute Gasteiger partial charge is 0.226 e. The first-order valence-corrected chi connectivity index (χ1v) is 5.52. The maximum Gasteiger partial charge on any atom is 0.226 e. The molecule has 0 radical (unpaired) electrons. The highest BCUT2D eigenvalue weighted by Gasteiger charge is 2.34. The Morgan fingerprint density at radius 3 is 2.73 bits per heavy atom. The summed E-state index contributed by atoms with van der Waals surface area (Å²) in [5.74, 6) is 0.0480. The third kappa shape index (κ3) is 3.18. The van der Waals surface area contributed by atoms with Crippen molar-refractivity contribution in [1.29, 1.82) is 0 Å². The SMILES string of the molecule is CC1CN(C(=O)C(C)CN)CC(C)(C)O1. The maximum absolute atomic E-state index is 12.0. The van der Waals surface area contributed by atoms with Crippen LogP contribution in [0.5, 0.6) is 0 Å². The molecule has 0 bridgehead atoms. The molecule has 0 aromatic rings. The van der Waals surface area contributed by atoms with Crippen LogP contribution in [-0.2, 0) is 9.53 Å². The van der Waals surface area contributed by atoms with Crippen molar-refractivity contribution in [1.82, 2.24) is 4.90 Å². The monoisotopic (exact) mass is 214 g/mol. The predicted octanol–water partition coefficient (Wildman–Crippen LogP) is 0.607. The highest BCUT2D eigenvalue weighted by Crippen LogP contribution is 2.21. The quantitative estimate of drug-likeness (QED) is 0.732. The van der Waals surface area contributed by atoms with Gasteiger partial charge in [0.15, 0.2) is 0 Å². The fourth-order valence-electron chi connectivity index (χ4n) is 2.03. The molecule has 0 aromatic heterocycles. The number of hydrogen-bond donors (Lipinski definition) is 1. The van der Waals surface area contributed by atoms with Crippen molar-refractivity contribution < 1.29 is 9.53 Å². The molecule has 1 heterocycles. The van der Waals surface area contributed by atoms with E-state index in [0.717, 1.165) is 0 Å². The van der Waals surface area contributed by atoms with Gasteiger partial charge in [0.25, 0.3) is 0 Å². The third-order valence-electron chi connectivity index (χ3n) is 2.66. The van der Waals surface area contributed by atoms with E-state index in [-0.39, 0.29) is 23.5 Å². The van der Waals surface area contributed by atoms with E-state index in [4.69, 9.17) is 10.5 Å². The molecule has 1 saturated heterocycles. The number of carbonyl (C=O) groups is 1. The second-order valence-corrected chi connectivity index (χ2v) is 5.04. The lowest BCUT2D eigenvalue weighted by Gasteiger charge is -2.42. The van der Waals surface area contributed by atoms with Crippen molar-refractivity contribution in [3.8, 4) is 0 Å². The zero-order valence-corrected chi connectivity index (χ0v) is 10.1. The summed E-state index contributed by atoms with van der Waals surface area (Å²) in [6.45, 7) is 9.62. The summed E-state index contributed by atoms with van der Waals surface area (Å²) in [6, 6.07) is 0. The van der Waals surface area contributed by atoms with Gasteiger partial charge in [-0.3, -0.25) is 4.79 Å². The normalized spacial score (nSPS) is 27.5. The fourth-order valence-corrected chi connectivity index (χ4v) is 2.03. The van der Waals surface area contributed by atoms with Crippen LogP contribution in [0.25, 0.3) is 0 Å². The lowest BCUT2D eigenvalue weighted by atomic mass is 10.0. The Morgan fingerprint density at radius 2 is 2.27 bits per heavy atom. The Bertz CT molecular complexity index is 241. The van der Waals surface area contributed by atoms with E-state index in [1.807, 2.05) is 32.6 Å². The molecule has 0 saturated carbocycles. The Labute approximate surface area is 91.8 Å². The summed E-state index contributed by atoms with van der Waals surface area (Å²) in [5, 5.41) is 0. The molecule has 1 aliphatic heterocycles. The minimum atomic E-state index is -0.248. The second kappa shape index (κ2) is 4.49. The van der Waals surface area contributed by atoms with Gasteiger partial charge in [0.05, 0.1) is 11.7 Å². The van der Waals surface area contributed by atoms with Crippen LogP contribution < -0.4 is 5.73 Å². The van der Waals surface area contributed by atoms with Crippen LogP contribution in [0.1, 0.15) is 27.7 Å². The number of amides is 1. The Balaban J connectivity index is 2.66. The van der Waals surface area contributed by atoms with Gasteiger partial charge in [0.2, 0.25) is 5.91 Å². The highest BCUT2D eigenvalue weighted by molar-refractivity contribution is 5.78. The molecule has 2 N–H and O–H groups in total. The van der Waals surface area contributed by atoms with Crippen LogP contribution >= 0.6 is 0 Å². The number of nitrogens with zero attached hydrogens (tertiary/aromatic N) is 1. The van der Waals surface area contributed by atoms with E-state index >= 15 is 0 Å². The van der Waals surface area contributed by atoms with E-state index in [0.29, 0.717) is 19.6 Å². The molecule has 2 unspecified atom stereocenters. The van der Waals surface area contributed by atoms with E-state index in [1.165, 1.54) is 0 Å². The zero-order valence-electron chi connectivity index (χ0n) is 10.1. The third-order valence-corrected chi connectivity index (χ3v) is 2.66. The molecule has 1 aliphatic rings. The molecule has 15 heavy (non-hydrogen) atoms. The van der Waals surface area contributed by atoms with Gasteiger partial charge >= 0.3 is 0 Å². The number of hydrogen-bond acceptors (Lipinski definition) is 3. The van der Waals surface area contributed by atoms with Gasteiger partial charge in [-0.2, -0.15) is 0 Å². The lowest BCUT2D eigenvalue weighted by Crippen LogP contribution is -2.55. The van der Waals surface area contributed by atoms with Crippen molar-refractivity contribution >= 4 is 5.91 Å².